The third-order valence-corrected chi connectivity index (χ3v) is 2.81. The maximum absolute atomic E-state index is 4.05. The molecule has 1 saturated heterocycles. The molecule has 1 unspecified atom stereocenters. The maximum atomic E-state index is 4.05. The molecule has 0 radical (unpaired) electrons. The summed E-state index contributed by atoms with van der Waals surface area (Å²) in [6.45, 7) is 4.33. The fourth-order valence-corrected chi connectivity index (χ4v) is 2.05. The van der Waals surface area contributed by atoms with Gasteiger partial charge in [0, 0.05) is 38.6 Å². The second-order valence-electron chi connectivity index (χ2n) is 3.76. The van der Waals surface area contributed by atoms with Crippen LogP contribution in [0.2, 0.25) is 0 Å². The molecule has 1 aromatic rings. The topological polar surface area (TPSA) is 40.2 Å². The normalized spacial score (nSPS) is 20.1. The molecule has 1 aliphatic rings. The highest BCUT2D eigenvalue weighted by molar-refractivity contribution is 5.14. The Hall–Kier alpha value is -0.970. The zero-order valence-electron chi connectivity index (χ0n) is 9.11. The SMILES string of the molecule is CNC(c1ccncc1)N1CCNCC1. The van der Waals surface area contributed by atoms with Gasteiger partial charge in [0.1, 0.15) is 0 Å². The van der Waals surface area contributed by atoms with Gasteiger partial charge >= 0.3 is 0 Å². The number of rotatable bonds is 3. The Labute approximate surface area is 90.7 Å². The molecule has 2 N–H and O–H groups in total. The number of pyridine rings is 1. The van der Waals surface area contributed by atoms with Gasteiger partial charge in [0.05, 0.1) is 6.17 Å². The second-order valence-corrected chi connectivity index (χ2v) is 3.76. The molecule has 0 bridgehead atoms. The molecule has 2 heterocycles. The molecule has 0 spiro atoms. The monoisotopic (exact) mass is 206 g/mol. The summed E-state index contributed by atoms with van der Waals surface area (Å²) in [5.41, 5.74) is 1.29. The van der Waals surface area contributed by atoms with E-state index in [1.807, 2.05) is 19.4 Å². The van der Waals surface area contributed by atoms with Gasteiger partial charge in [-0.2, -0.15) is 0 Å². The lowest BCUT2D eigenvalue weighted by Crippen LogP contribution is -2.48. The highest BCUT2D eigenvalue weighted by Crippen LogP contribution is 2.16. The number of nitrogens with zero attached hydrogens (tertiary/aromatic N) is 2. The first-order chi connectivity index (χ1) is 7.42. The number of hydrogen-bond acceptors (Lipinski definition) is 4. The molecule has 1 aromatic heterocycles. The van der Waals surface area contributed by atoms with E-state index in [2.05, 4.69) is 32.7 Å². The first-order valence-electron chi connectivity index (χ1n) is 5.44. The Morgan fingerprint density at radius 2 is 2.00 bits per heavy atom. The van der Waals surface area contributed by atoms with E-state index in [0.717, 1.165) is 26.2 Å². The van der Waals surface area contributed by atoms with Gasteiger partial charge in [0.25, 0.3) is 0 Å². The predicted octanol–water partition coefficient (Wildman–Crippen LogP) is 0.205. The van der Waals surface area contributed by atoms with Crippen molar-refractivity contribution >= 4 is 0 Å². The number of aromatic nitrogens is 1. The van der Waals surface area contributed by atoms with Crippen LogP contribution < -0.4 is 10.6 Å². The fourth-order valence-electron chi connectivity index (χ4n) is 2.05. The molecule has 0 amide bonds. The van der Waals surface area contributed by atoms with Crippen molar-refractivity contribution in [1.82, 2.24) is 20.5 Å². The van der Waals surface area contributed by atoms with Crippen LogP contribution in [-0.4, -0.2) is 43.1 Å². The van der Waals surface area contributed by atoms with Crippen molar-refractivity contribution < 1.29 is 0 Å². The van der Waals surface area contributed by atoms with E-state index in [-0.39, 0.29) is 0 Å². The lowest BCUT2D eigenvalue weighted by atomic mass is 10.1. The average molecular weight is 206 g/mol. The van der Waals surface area contributed by atoms with Crippen molar-refractivity contribution in [2.24, 2.45) is 0 Å². The van der Waals surface area contributed by atoms with Crippen LogP contribution in [0.25, 0.3) is 0 Å². The van der Waals surface area contributed by atoms with Gasteiger partial charge < -0.3 is 10.6 Å². The number of hydrogen-bond donors (Lipinski definition) is 2. The molecule has 1 aliphatic heterocycles. The van der Waals surface area contributed by atoms with Crippen LogP contribution in [0, 0.1) is 0 Å². The molecule has 82 valence electrons. The quantitative estimate of drug-likeness (QED) is 0.741. The third-order valence-electron chi connectivity index (χ3n) is 2.81. The van der Waals surface area contributed by atoms with Crippen LogP contribution in [-0.2, 0) is 0 Å². The Kier molecular flexibility index (Phi) is 3.66. The van der Waals surface area contributed by atoms with Gasteiger partial charge in [-0.15, -0.1) is 0 Å². The van der Waals surface area contributed by atoms with Crippen LogP contribution in [0.15, 0.2) is 24.5 Å². The molecule has 15 heavy (non-hydrogen) atoms. The minimum Gasteiger partial charge on any atom is -0.314 e. The molecule has 4 nitrogen and oxygen atoms in total. The van der Waals surface area contributed by atoms with Crippen molar-refractivity contribution in [2.75, 3.05) is 33.2 Å². The van der Waals surface area contributed by atoms with Crippen molar-refractivity contribution in [2.45, 2.75) is 6.17 Å². The molecule has 0 aromatic carbocycles. The first kappa shape index (κ1) is 10.5. The number of nitrogens with one attached hydrogen (secondary N) is 2. The number of piperazine rings is 1. The summed E-state index contributed by atoms with van der Waals surface area (Å²) in [6.07, 6.45) is 4.01. The van der Waals surface area contributed by atoms with Gasteiger partial charge in [0.15, 0.2) is 0 Å². The van der Waals surface area contributed by atoms with Gasteiger partial charge in [-0.05, 0) is 24.7 Å². The van der Waals surface area contributed by atoms with Crippen LogP contribution in [0.3, 0.4) is 0 Å². The maximum Gasteiger partial charge on any atom is 0.0860 e. The van der Waals surface area contributed by atoms with Crippen molar-refractivity contribution in [1.29, 1.82) is 0 Å². The summed E-state index contributed by atoms with van der Waals surface area (Å²) in [7, 11) is 2.01. The van der Waals surface area contributed by atoms with Gasteiger partial charge in [0.2, 0.25) is 0 Å². The van der Waals surface area contributed by atoms with E-state index in [9.17, 15) is 0 Å². The van der Waals surface area contributed by atoms with E-state index in [4.69, 9.17) is 0 Å². The average Bonchev–Trinajstić information content (AvgIpc) is 2.33. The molecule has 0 saturated carbocycles. The minimum absolute atomic E-state index is 0.315. The Balaban J connectivity index is 2.09. The van der Waals surface area contributed by atoms with E-state index in [1.54, 1.807) is 0 Å². The molecule has 1 fully saturated rings. The third kappa shape index (κ3) is 2.53. The van der Waals surface area contributed by atoms with Crippen LogP contribution in [0.4, 0.5) is 0 Å². The standard InChI is InChI=1S/C11H18N4/c1-12-11(10-2-4-13-5-3-10)15-8-6-14-7-9-15/h2-5,11-12,14H,6-9H2,1H3. The first-order valence-corrected chi connectivity index (χ1v) is 5.44. The van der Waals surface area contributed by atoms with E-state index >= 15 is 0 Å². The molecule has 0 aliphatic carbocycles. The molecular weight excluding hydrogens is 188 g/mol. The smallest absolute Gasteiger partial charge is 0.0860 e. The summed E-state index contributed by atoms with van der Waals surface area (Å²) < 4.78 is 0. The van der Waals surface area contributed by atoms with Crippen LogP contribution in [0.5, 0.6) is 0 Å². The summed E-state index contributed by atoms with van der Waals surface area (Å²) in [5, 5.41) is 6.72. The van der Waals surface area contributed by atoms with Crippen LogP contribution in [0.1, 0.15) is 11.7 Å². The van der Waals surface area contributed by atoms with Crippen molar-refractivity contribution in [3.05, 3.63) is 30.1 Å². The Morgan fingerprint density at radius 3 is 2.60 bits per heavy atom. The lowest BCUT2D eigenvalue weighted by Gasteiger charge is -2.34. The summed E-state index contributed by atoms with van der Waals surface area (Å²) in [4.78, 5) is 6.50. The summed E-state index contributed by atoms with van der Waals surface area (Å²) in [5.74, 6) is 0. The minimum atomic E-state index is 0.315. The van der Waals surface area contributed by atoms with E-state index in [0.29, 0.717) is 6.17 Å². The van der Waals surface area contributed by atoms with Gasteiger partial charge in [-0.25, -0.2) is 0 Å². The Morgan fingerprint density at radius 1 is 1.33 bits per heavy atom. The van der Waals surface area contributed by atoms with Crippen molar-refractivity contribution in [3.63, 3.8) is 0 Å². The van der Waals surface area contributed by atoms with E-state index in [1.165, 1.54) is 5.56 Å². The van der Waals surface area contributed by atoms with Crippen molar-refractivity contribution in [3.8, 4) is 0 Å². The molecule has 2 rings (SSSR count). The zero-order chi connectivity index (χ0) is 10.5. The summed E-state index contributed by atoms with van der Waals surface area (Å²) >= 11 is 0. The van der Waals surface area contributed by atoms with Gasteiger partial charge in [-0.1, -0.05) is 0 Å². The molecule has 4 heteroatoms. The van der Waals surface area contributed by atoms with Gasteiger partial charge in [-0.3, -0.25) is 9.88 Å². The summed E-state index contributed by atoms with van der Waals surface area (Å²) in [6, 6.07) is 4.15. The highest BCUT2D eigenvalue weighted by atomic mass is 15.3. The predicted molar refractivity (Wildman–Crippen MR) is 60.5 cm³/mol. The fraction of sp³-hybridized carbons (Fsp3) is 0.545. The Bertz CT molecular complexity index is 282. The zero-order valence-corrected chi connectivity index (χ0v) is 9.11. The highest BCUT2D eigenvalue weighted by Gasteiger charge is 2.19. The molecule has 1 atom stereocenters. The molecular formula is C11H18N4. The second kappa shape index (κ2) is 5.21. The van der Waals surface area contributed by atoms with E-state index < -0.39 is 0 Å². The van der Waals surface area contributed by atoms with Crippen LogP contribution >= 0.6 is 0 Å². The largest absolute Gasteiger partial charge is 0.314 e. The lowest BCUT2D eigenvalue weighted by molar-refractivity contribution is 0.153.